The maximum atomic E-state index is 6.10. The highest BCUT2D eigenvalue weighted by Crippen LogP contribution is 2.33. The third kappa shape index (κ3) is 3.89. The van der Waals surface area contributed by atoms with E-state index in [1.54, 1.807) is 7.11 Å². The van der Waals surface area contributed by atoms with Crippen molar-refractivity contribution in [3.05, 3.63) is 28.8 Å². The van der Waals surface area contributed by atoms with Gasteiger partial charge in [0.25, 0.3) is 0 Å². The predicted molar refractivity (Wildman–Crippen MR) is 78.5 cm³/mol. The fourth-order valence-corrected chi connectivity index (χ4v) is 2.51. The monoisotopic (exact) mass is 269 g/mol. The first-order valence-electron chi connectivity index (χ1n) is 6.66. The first kappa shape index (κ1) is 15.3. The summed E-state index contributed by atoms with van der Waals surface area (Å²) in [5.41, 5.74) is 1.15. The molecule has 3 heteroatoms. The number of hydrogen-bond acceptors (Lipinski definition) is 2. The molecule has 0 aliphatic carbocycles. The van der Waals surface area contributed by atoms with Gasteiger partial charge in [0.15, 0.2) is 0 Å². The lowest BCUT2D eigenvalue weighted by molar-refractivity contribution is 0.364. The molecule has 0 radical (unpaired) electrons. The highest BCUT2D eigenvalue weighted by molar-refractivity contribution is 6.30. The quantitative estimate of drug-likeness (QED) is 0.790. The number of halogens is 1. The lowest BCUT2D eigenvalue weighted by atomic mass is 9.91. The zero-order valence-corrected chi connectivity index (χ0v) is 12.6. The molecule has 1 aromatic carbocycles. The van der Waals surface area contributed by atoms with Crippen LogP contribution in [0.1, 0.15) is 44.7 Å². The van der Waals surface area contributed by atoms with Gasteiger partial charge in [-0.3, -0.25) is 0 Å². The Hall–Kier alpha value is -0.730. The number of methoxy groups -OCH3 is 1. The SMILES string of the molecule is CCC(CC)CC(NC)c1cc(Cl)ccc1OC. The minimum absolute atomic E-state index is 0.295. The van der Waals surface area contributed by atoms with Crippen LogP contribution >= 0.6 is 11.6 Å². The van der Waals surface area contributed by atoms with Gasteiger partial charge >= 0.3 is 0 Å². The molecule has 1 rings (SSSR count). The summed E-state index contributed by atoms with van der Waals surface area (Å²) in [5, 5.41) is 4.14. The van der Waals surface area contributed by atoms with Crippen LogP contribution in [-0.2, 0) is 0 Å². The van der Waals surface area contributed by atoms with Crippen molar-refractivity contribution < 1.29 is 4.74 Å². The van der Waals surface area contributed by atoms with Gasteiger partial charge in [-0.2, -0.15) is 0 Å². The Morgan fingerprint density at radius 2 is 1.94 bits per heavy atom. The minimum atomic E-state index is 0.295. The zero-order valence-electron chi connectivity index (χ0n) is 11.8. The summed E-state index contributed by atoms with van der Waals surface area (Å²) in [7, 11) is 3.70. The molecule has 102 valence electrons. The van der Waals surface area contributed by atoms with E-state index >= 15 is 0 Å². The predicted octanol–water partition coefficient (Wildman–Crippen LogP) is 4.44. The van der Waals surface area contributed by atoms with E-state index in [0.717, 1.165) is 28.7 Å². The van der Waals surface area contributed by atoms with Crippen LogP contribution in [0.4, 0.5) is 0 Å². The maximum absolute atomic E-state index is 6.10. The minimum Gasteiger partial charge on any atom is -0.496 e. The van der Waals surface area contributed by atoms with Gasteiger partial charge in [-0.1, -0.05) is 38.3 Å². The van der Waals surface area contributed by atoms with E-state index in [1.807, 2.05) is 25.2 Å². The summed E-state index contributed by atoms with van der Waals surface area (Å²) in [4.78, 5) is 0. The van der Waals surface area contributed by atoms with Gasteiger partial charge < -0.3 is 10.1 Å². The molecule has 0 aliphatic heterocycles. The molecule has 0 amide bonds. The van der Waals surface area contributed by atoms with E-state index in [0.29, 0.717) is 6.04 Å². The Labute approximate surface area is 116 Å². The second-order valence-corrected chi connectivity index (χ2v) is 5.08. The van der Waals surface area contributed by atoms with Crippen molar-refractivity contribution in [2.75, 3.05) is 14.2 Å². The van der Waals surface area contributed by atoms with Crippen LogP contribution in [0.5, 0.6) is 5.75 Å². The van der Waals surface area contributed by atoms with Crippen molar-refractivity contribution in [2.45, 2.75) is 39.2 Å². The molecule has 2 nitrogen and oxygen atoms in total. The number of rotatable bonds is 7. The second kappa shape index (κ2) is 7.65. The molecular formula is C15H24ClNO. The zero-order chi connectivity index (χ0) is 13.5. The molecule has 1 unspecified atom stereocenters. The van der Waals surface area contributed by atoms with Gasteiger partial charge in [-0.25, -0.2) is 0 Å². The Morgan fingerprint density at radius 1 is 1.28 bits per heavy atom. The third-order valence-electron chi connectivity index (χ3n) is 3.64. The molecule has 0 spiro atoms. The Kier molecular flexibility index (Phi) is 6.51. The molecule has 0 heterocycles. The molecule has 0 saturated carbocycles. The van der Waals surface area contributed by atoms with E-state index in [4.69, 9.17) is 16.3 Å². The molecule has 18 heavy (non-hydrogen) atoms. The topological polar surface area (TPSA) is 21.3 Å². The van der Waals surface area contributed by atoms with Crippen molar-refractivity contribution in [1.29, 1.82) is 0 Å². The van der Waals surface area contributed by atoms with Gasteiger partial charge in [0.05, 0.1) is 7.11 Å². The summed E-state index contributed by atoms with van der Waals surface area (Å²) in [6.45, 7) is 4.49. The van der Waals surface area contributed by atoms with Crippen molar-refractivity contribution in [3.63, 3.8) is 0 Å². The van der Waals surface area contributed by atoms with E-state index in [9.17, 15) is 0 Å². The highest BCUT2D eigenvalue weighted by atomic mass is 35.5. The molecule has 0 fully saturated rings. The molecule has 0 bridgehead atoms. The Bertz CT molecular complexity index is 364. The summed E-state index contributed by atoms with van der Waals surface area (Å²) in [6, 6.07) is 6.11. The van der Waals surface area contributed by atoms with Gasteiger partial charge in [0, 0.05) is 16.6 Å². The first-order valence-corrected chi connectivity index (χ1v) is 7.04. The number of ether oxygens (including phenoxy) is 1. The second-order valence-electron chi connectivity index (χ2n) is 4.65. The lowest BCUT2D eigenvalue weighted by Gasteiger charge is -2.23. The van der Waals surface area contributed by atoms with Crippen molar-refractivity contribution in [2.24, 2.45) is 5.92 Å². The maximum Gasteiger partial charge on any atom is 0.123 e. The van der Waals surface area contributed by atoms with Gasteiger partial charge in [-0.15, -0.1) is 0 Å². The van der Waals surface area contributed by atoms with E-state index in [2.05, 4.69) is 19.2 Å². The molecule has 1 atom stereocenters. The number of benzene rings is 1. The molecule has 1 aromatic rings. The molecule has 0 saturated heterocycles. The number of hydrogen-bond donors (Lipinski definition) is 1. The standard InChI is InChI=1S/C15H24ClNO/c1-5-11(6-2)9-14(17-3)13-10-12(16)7-8-15(13)18-4/h7-8,10-11,14,17H,5-6,9H2,1-4H3. The summed E-state index contributed by atoms with van der Waals surface area (Å²) in [5.74, 6) is 1.64. The Morgan fingerprint density at radius 3 is 2.44 bits per heavy atom. The number of nitrogens with one attached hydrogen (secondary N) is 1. The lowest BCUT2D eigenvalue weighted by Crippen LogP contribution is -2.20. The van der Waals surface area contributed by atoms with Crippen LogP contribution in [0.15, 0.2) is 18.2 Å². The summed E-state index contributed by atoms with van der Waals surface area (Å²) < 4.78 is 5.43. The fourth-order valence-electron chi connectivity index (χ4n) is 2.33. The van der Waals surface area contributed by atoms with E-state index < -0.39 is 0 Å². The smallest absolute Gasteiger partial charge is 0.123 e. The molecule has 0 aliphatic rings. The van der Waals surface area contributed by atoms with Crippen LogP contribution in [0, 0.1) is 5.92 Å². The van der Waals surface area contributed by atoms with Crippen LogP contribution in [-0.4, -0.2) is 14.2 Å². The molecular weight excluding hydrogens is 246 g/mol. The van der Waals surface area contributed by atoms with Crippen LogP contribution < -0.4 is 10.1 Å². The first-order chi connectivity index (χ1) is 8.65. The average Bonchev–Trinajstić information content (AvgIpc) is 2.40. The van der Waals surface area contributed by atoms with E-state index in [1.165, 1.54) is 12.8 Å². The Balaban J connectivity index is 2.96. The van der Waals surface area contributed by atoms with Gasteiger partial charge in [0.1, 0.15) is 5.75 Å². The third-order valence-corrected chi connectivity index (χ3v) is 3.87. The molecule has 0 aromatic heterocycles. The van der Waals surface area contributed by atoms with Crippen molar-refractivity contribution in [3.8, 4) is 5.75 Å². The van der Waals surface area contributed by atoms with Crippen LogP contribution in [0.3, 0.4) is 0 Å². The van der Waals surface area contributed by atoms with Crippen molar-refractivity contribution in [1.82, 2.24) is 5.32 Å². The highest BCUT2D eigenvalue weighted by Gasteiger charge is 2.18. The van der Waals surface area contributed by atoms with E-state index in [-0.39, 0.29) is 0 Å². The summed E-state index contributed by atoms with van der Waals surface area (Å²) in [6.07, 6.45) is 3.52. The van der Waals surface area contributed by atoms with Crippen molar-refractivity contribution >= 4 is 11.6 Å². The average molecular weight is 270 g/mol. The van der Waals surface area contributed by atoms with Crippen LogP contribution in [0.25, 0.3) is 0 Å². The van der Waals surface area contributed by atoms with Crippen LogP contribution in [0.2, 0.25) is 5.02 Å². The summed E-state index contributed by atoms with van der Waals surface area (Å²) >= 11 is 6.10. The van der Waals surface area contributed by atoms with Gasteiger partial charge in [0.2, 0.25) is 0 Å². The molecule has 1 N–H and O–H groups in total. The largest absolute Gasteiger partial charge is 0.496 e. The normalized spacial score (nSPS) is 12.8. The fraction of sp³-hybridized carbons (Fsp3) is 0.600. The van der Waals surface area contributed by atoms with Gasteiger partial charge in [-0.05, 0) is 37.6 Å².